The van der Waals surface area contributed by atoms with Gasteiger partial charge in [0.2, 0.25) is 5.91 Å². The third-order valence-electron chi connectivity index (χ3n) is 3.95. The standard InChI is InChI=1S/C15H18BrNOS/c16-14-5-2-1-4-11(14)12-10-13(12)15(18)17-6-3-8-19-9-7-17/h1-2,4-5,12-13H,3,6-10H2/t12-,13+/m0/s1. The molecule has 1 heterocycles. The van der Waals surface area contributed by atoms with Gasteiger partial charge in [0, 0.05) is 29.2 Å². The first-order valence-corrected chi connectivity index (χ1v) is 8.83. The van der Waals surface area contributed by atoms with E-state index in [1.807, 2.05) is 17.8 Å². The molecule has 19 heavy (non-hydrogen) atoms. The van der Waals surface area contributed by atoms with Crippen LogP contribution in [0, 0.1) is 5.92 Å². The van der Waals surface area contributed by atoms with Gasteiger partial charge in [-0.2, -0.15) is 11.8 Å². The Morgan fingerprint density at radius 3 is 2.95 bits per heavy atom. The third-order valence-corrected chi connectivity index (χ3v) is 5.72. The van der Waals surface area contributed by atoms with Crippen LogP contribution in [0.5, 0.6) is 0 Å². The zero-order valence-corrected chi connectivity index (χ0v) is 13.3. The van der Waals surface area contributed by atoms with Gasteiger partial charge in [-0.1, -0.05) is 34.1 Å². The fourth-order valence-electron chi connectivity index (χ4n) is 2.79. The molecule has 102 valence electrons. The number of nitrogens with zero attached hydrogens (tertiary/aromatic N) is 1. The minimum Gasteiger partial charge on any atom is -0.342 e. The van der Waals surface area contributed by atoms with E-state index in [-0.39, 0.29) is 5.92 Å². The maximum Gasteiger partial charge on any atom is 0.226 e. The third kappa shape index (κ3) is 3.00. The van der Waals surface area contributed by atoms with Crippen molar-refractivity contribution < 1.29 is 4.79 Å². The lowest BCUT2D eigenvalue weighted by molar-refractivity contribution is -0.132. The molecule has 4 heteroatoms. The molecule has 1 aromatic rings. The predicted octanol–water partition coefficient (Wildman–Crippen LogP) is 3.52. The van der Waals surface area contributed by atoms with E-state index in [1.54, 1.807) is 0 Å². The van der Waals surface area contributed by atoms with Crippen LogP contribution in [0.15, 0.2) is 28.7 Å². The number of carbonyl (C=O) groups is 1. The van der Waals surface area contributed by atoms with Gasteiger partial charge in [-0.15, -0.1) is 0 Å². The van der Waals surface area contributed by atoms with Crippen molar-refractivity contribution in [1.29, 1.82) is 0 Å². The zero-order chi connectivity index (χ0) is 13.2. The van der Waals surface area contributed by atoms with Gasteiger partial charge in [0.05, 0.1) is 0 Å². The first-order chi connectivity index (χ1) is 9.27. The van der Waals surface area contributed by atoms with Crippen LogP contribution in [-0.4, -0.2) is 35.4 Å². The summed E-state index contributed by atoms with van der Waals surface area (Å²) >= 11 is 5.56. The van der Waals surface area contributed by atoms with Crippen LogP contribution in [-0.2, 0) is 4.79 Å². The van der Waals surface area contributed by atoms with Crippen molar-refractivity contribution in [3.8, 4) is 0 Å². The minimum absolute atomic E-state index is 0.224. The summed E-state index contributed by atoms with van der Waals surface area (Å²) in [6, 6.07) is 8.29. The number of carbonyl (C=O) groups excluding carboxylic acids is 1. The highest BCUT2D eigenvalue weighted by atomic mass is 79.9. The molecule has 1 saturated carbocycles. The van der Waals surface area contributed by atoms with Crippen LogP contribution < -0.4 is 0 Å². The average molecular weight is 340 g/mol. The van der Waals surface area contributed by atoms with E-state index in [1.165, 1.54) is 11.3 Å². The molecule has 2 nitrogen and oxygen atoms in total. The molecular formula is C15H18BrNOS. The van der Waals surface area contributed by atoms with Crippen LogP contribution in [0.25, 0.3) is 0 Å². The summed E-state index contributed by atoms with van der Waals surface area (Å²) < 4.78 is 1.14. The Bertz CT molecular complexity index is 471. The van der Waals surface area contributed by atoms with Crippen molar-refractivity contribution in [2.75, 3.05) is 24.6 Å². The molecule has 1 aromatic carbocycles. The van der Waals surface area contributed by atoms with Gasteiger partial charge in [-0.25, -0.2) is 0 Å². The number of hydrogen-bond donors (Lipinski definition) is 0. The van der Waals surface area contributed by atoms with Crippen LogP contribution in [0.4, 0.5) is 0 Å². The molecule has 0 bridgehead atoms. The van der Waals surface area contributed by atoms with Gasteiger partial charge in [0.1, 0.15) is 0 Å². The monoisotopic (exact) mass is 339 g/mol. The lowest BCUT2D eigenvalue weighted by Gasteiger charge is -2.20. The second-order valence-corrected chi connectivity index (χ2v) is 7.34. The average Bonchev–Trinajstić information content (AvgIpc) is 3.22. The summed E-state index contributed by atoms with van der Waals surface area (Å²) in [4.78, 5) is 14.6. The number of benzene rings is 1. The molecule has 2 atom stereocenters. The largest absolute Gasteiger partial charge is 0.342 e. The molecule has 0 radical (unpaired) electrons. The van der Waals surface area contributed by atoms with E-state index in [0.717, 1.165) is 36.2 Å². The van der Waals surface area contributed by atoms with E-state index in [4.69, 9.17) is 0 Å². The summed E-state index contributed by atoms with van der Waals surface area (Å²) in [5.74, 6) is 3.32. The molecule has 0 unspecified atom stereocenters. The van der Waals surface area contributed by atoms with E-state index in [2.05, 4.69) is 39.0 Å². The molecule has 1 aliphatic carbocycles. The quantitative estimate of drug-likeness (QED) is 0.821. The number of amides is 1. The number of halogens is 1. The fourth-order valence-corrected chi connectivity index (χ4v) is 4.25. The van der Waals surface area contributed by atoms with Crippen molar-refractivity contribution in [3.63, 3.8) is 0 Å². The summed E-state index contributed by atoms with van der Waals surface area (Å²) in [7, 11) is 0. The normalized spacial score (nSPS) is 26.9. The highest BCUT2D eigenvalue weighted by Gasteiger charge is 2.46. The van der Waals surface area contributed by atoms with Crippen LogP contribution in [0.2, 0.25) is 0 Å². The van der Waals surface area contributed by atoms with E-state index in [9.17, 15) is 4.79 Å². The lowest BCUT2D eigenvalue weighted by Crippen LogP contribution is -2.34. The highest BCUT2D eigenvalue weighted by Crippen LogP contribution is 2.50. The van der Waals surface area contributed by atoms with Crippen molar-refractivity contribution >= 4 is 33.6 Å². The van der Waals surface area contributed by atoms with Gasteiger partial charge in [-0.05, 0) is 36.1 Å². The molecule has 1 amide bonds. The molecule has 1 aliphatic heterocycles. The van der Waals surface area contributed by atoms with Gasteiger partial charge < -0.3 is 4.90 Å². The first-order valence-electron chi connectivity index (χ1n) is 6.88. The molecule has 2 fully saturated rings. The second-order valence-electron chi connectivity index (χ2n) is 5.26. The van der Waals surface area contributed by atoms with Crippen molar-refractivity contribution in [2.45, 2.75) is 18.8 Å². The van der Waals surface area contributed by atoms with Crippen molar-refractivity contribution in [3.05, 3.63) is 34.3 Å². The molecule has 0 N–H and O–H groups in total. The smallest absolute Gasteiger partial charge is 0.226 e. The van der Waals surface area contributed by atoms with Crippen LogP contribution in [0.1, 0.15) is 24.3 Å². The molecule has 3 rings (SSSR count). The van der Waals surface area contributed by atoms with E-state index in [0.29, 0.717) is 11.8 Å². The van der Waals surface area contributed by atoms with Gasteiger partial charge in [0.25, 0.3) is 0 Å². The Morgan fingerprint density at radius 1 is 1.26 bits per heavy atom. The summed E-state index contributed by atoms with van der Waals surface area (Å²) in [6.07, 6.45) is 2.16. The summed E-state index contributed by atoms with van der Waals surface area (Å²) in [5, 5.41) is 0. The first kappa shape index (κ1) is 13.5. The Balaban J connectivity index is 1.66. The Labute approximate surface area is 127 Å². The van der Waals surface area contributed by atoms with Crippen LogP contribution in [0.3, 0.4) is 0 Å². The van der Waals surface area contributed by atoms with Crippen molar-refractivity contribution in [2.24, 2.45) is 5.92 Å². The summed E-state index contributed by atoms with van der Waals surface area (Å²) in [5.41, 5.74) is 1.30. The second kappa shape index (κ2) is 5.88. The number of thioether (sulfide) groups is 1. The zero-order valence-electron chi connectivity index (χ0n) is 10.8. The maximum absolute atomic E-state index is 12.5. The SMILES string of the molecule is O=C([C@@H]1C[C@H]1c1ccccc1Br)N1CCCSCC1. The van der Waals surface area contributed by atoms with Gasteiger partial charge in [-0.3, -0.25) is 4.79 Å². The molecule has 1 saturated heterocycles. The van der Waals surface area contributed by atoms with Gasteiger partial charge >= 0.3 is 0 Å². The van der Waals surface area contributed by atoms with Crippen LogP contribution >= 0.6 is 27.7 Å². The van der Waals surface area contributed by atoms with Crippen molar-refractivity contribution in [1.82, 2.24) is 4.90 Å². The Hall–Kier alpha value is -0.480. The van der Waals surface area contributed by atoms with E-state index < -0.39 is 0 Å². The fraction of sp³-hybridized carbons (Fsp3) is 0.533. The Morgan fingerprint density at radius 2 is 2.11 bits per heavy atom. The maximum atomic E-state index is 12.5. The number of hydrogen-bond acceptors (Lipinski definition) is 2. The topological polar surface area (TPSA) is 20.3 Å². The molecule has 0 aromatic heterocycles. The number of rotatable bonds is 2. The predicted molar refractivity (Wildman–Crippen MR) is 83.5 cm³/mol. The highest BCUT2D eigenvalue weighted by molar-refractivity contribution is 9.10. The Kier molecular flexibility index (Phi) is 4.18. The van der Waals surface area contributed by atoms with Gasteiger partial charge in [0.15, 0.2) is 0 Å². The van der Waals surface area contributed by atoms with E-state index >= 15 is 0 Å². The lowest BCUT2D eigenvalue weighted by atomic mass is 10.1. The summed E-state index contributed by atoms with van der Waals surface area (Å²) in [6.45, 7) is 1.88. The molecule has 0 spiro atoms. The molecule has 2 aliphatic rings. The molecular weight excluding hydrogens is 322 g/mol. The minimum atomic E-state index is 0.224.